The number of hydrogen-bond acceptors (Lipinski definition) is 4. The zero-order chi connectivity index (χ0) is 16.7. The van der Waals surface area contributed by atoms with Crippen molar-refractivity contribution in [2.45, 2.75) is 33.1 Å². The van der Waals surface area contributed by atoms with E-state index < -0.39 is 5.91 Å². The Bertz CT molecular complexity index is 737. The van der Waals surface area contributed by atoms with Crippen molar-refractivity contribution in [3.8, 4) is 0 Å². The van der Waals surface area contributed by atoms with Gasteiger partial charge in [0, 0.05) is 12.5 Å². The van der Waals surface area contributed by atoms with E-state index in [1.54, 1.807) is 30.1 Å². The highest BCUT2D eigenvalue weighted by molar-refractivity contribution is 7.15. The summed E-state index contributed by atoms with van der Waals surface area (Å²) in [5, 5.41) is 9.38. The summed E-state index contributed by atoms with van der Waals surface area (Å²) in [6, 6.07) is 1.76. The molecule has 0 aromatic carbocycles. The zero-order valence-electron chi connectivity index (χ0n) is 13.4. The number of hydrogen-bond donors (Lipinski definition) is 2. The smallest absolute Gasteiger partial charge is 0.274 e. The highest BCUT2D eigenvalue weighted by Gasteiger charge is 2.23. The van der Waals surface area contributed by atoms with Crippen molar-refractivity contribution >= 4 is 28.2 Å². The summed E-state index contributed by atoms with van der Waals surface area (Å²) in [6.45, 7) is 7.88. The number of nitrogens with one attached hydrogen (secondary N) is 1. The normalized spacial score (nSPS) is 11.5. The number of amides is 2. The second-order valence-corrected chi connectivity index (χ2v) is 7.11. The molecule has 0 radical (unpaired) electrons. The predicted octanol–water partition coefficient (Wildman–Crippen LogP) is 2.44. The second kappa shape index (κ2) is 5.57. The molecule has 0 bridgehead atoms. The summed E-state index contributed by atoms with van der Waals surface area (Å²) >= 11 is 1.28. The maximum atomic E-state index is 12.4. The van der Waals surface area contributed by atoms with Crippen LogP contribution in [-0.4, -0.2) is 21.6 Å². The van der Waals surface area contributed by atoms with E-state index >= 15 is 0 Å². The SMILES string of the molecule is Cc1csc(NC(=O)c2cc(C(C)(C)C)nn2C)c1C(N)=O. The third-order valence-corrected chi connectivity index (χ3v) is 4.34. The van der Waals surface area contributed by atoms with Gasteiger partial charge in [-0.25, -0.2) is 0 Å². The molecule has 0 saturated carbocycles. The summed E-state index contributed by atoms with van der Waals surface area (Å²) < 4.78 is 1.54. The van der Waals surface area contributed by atoms with Crippen LogP contribution in [0.5, 0.6) is 0 Å². The molecule has 0 fully saturated rings. The first-order valence-corrected chi connectivity index (χ1v) is 7.73. The number of primary amides is 1. The Hall–Kier alpha value is -2.15. The average Bonchev–Trinajstić information content (AvgIpc) is 2.92. The van der Waals surface area contributed by atoms with Crippen LogP contribution >= 0.6 is 11.3 Å². The molecule has 2 heterocycles. The molecule has 22 heavy (non-hydrogen) atoms. The predicted molar refractivity (Wildman–Crippen MR) is 87.4 cm³/mol. The fourth-order valence-corrected chi connectivity index (χ4v) is 3.00. The van der Waals surface area contributed by atoms with Gasteiger partial charge in [0.2, 0.25) is 0 Å². The fourth-order valence-electron chi connectivity index (χ4n) is 2.06. The van der Waals surface area contributed by atoms with Gasteiger partial charge in [-0.1, -0.05) is 20.8 Å². The van der Waals surface area contributed by atoms with E-state index in [2.05, 4.69) is 10.4 Å². The van der Waals surface area contributed by atoms with Crippen molar-refractivity contribution in [3.05, 3.63) is 34.0 Å². The van der Waals surface area contributed by atoms with Gasteiger partial charge in [0.05, 0.1) is 11.3 Å². The Morgan fingerprint density at radius 2 is 2.00 bits per heavy atom. The van der Waals surface area contributed by atoms with Crippen molar-refractivity contribution < 1.29 is 9.59 Å². The van der Waals surface area contributed by atoms with Crippen molar-refractivity contribution in [2.75, 3.05) is 5.32 Å². The van der Waals surface area contributed by atoms with Crippen LogP contribution in [0.4, 0.5) is 5.00 Å². The summed E-state index contributed by atoms with van der Waals surface area (Å²) in [5.41, 5.74) is 7.60. The zero-order valence-corrected chi connectivity index (χ0v) is 14.2. The van der Waals surface area contributed by atoms with Crippen molar-refractivity contribution in [1.29, 1.82) is 0 Å². The molecule has 6 nitrogen and oxygen atoms in total. The number of thiophene rings is 1. The van der Waals surface area contributed by atoms with Gasteiger partial charge in [-0.05, 0) is 23.9 Å². The lowest BCUT2D eigenvalue weighted by Crippen LogP contribution is -2.19. The second-order valence-electron chi connectivity index (χ2n) is 6.23. The molecule has 0 aliphatic carbocycles. The summed E-state index contributed by atoms with van der Waals surface area (Å²) in [6.07, 6.45) is 0. The van der Waals surface area contributed by atoms with E-state index in [-0.39, 0.29) is 11.3 Å². The van der Waals surface area contributed by atoms with E-state index in [1.165, 1.54) is 11.3 Å². The molecule has 0 aliphatic heterocycles. The number of anilines is 1. The van der Waals surface area contributed by atoms with Gasteiger partial charge in [-0.3, -0.25) is 14.3 Å². The Morgan fingerprint density at radius 1 is 1.36 bits per heavy atom. The number of nitrogens with two attached hydrogens (primary N) is 1. The Balaban J connectivity index is 2.31. The highest BCUT2D eigenvalue weighted by atomic mass is 32.1. The van der Waals surface area contributed by atoms with E-state index in [1.807, 2.05) is 20.8 Å². The lowest BCUT2D eigenvalue weighted by atomic mass is 9.92. The van der Waals surface area contributed by atoms with E-state index in [9.17, 15) is 9.59 Å². The van der Waals surface area contributed by atoms with Crippen molar-refractivity contribution in [2.24, 2.45) is 12.8 Å². The number of nitrogens with zero attached hydrogens (tertiary/aromatic N) is 2. The van der Waals surface area contributed by atoms with Crippen molar-refractivity contribution in [3.63, 3.8) is 0 Å². The Labute approximate surface area is 133 Å². The number of carbonyl (C=O) groups excluding carboxylic acids is 2. The standard InChI is InChI=1S/C15H20N4O2S/c1-8-7-22-14(11(8)12(16)20)17-13(21)9-6-10(15(2,3)4)18-19(9)5/h6-7H,1-5H3,(H2,16,20)(H,17,21). The van der Waals surface area contributed by atoms with Crippen LogP contribution < -0.4 is 11.1 Å². The van der Waals surface area contributed by atoms with Crippen LogP contribution in [0.15, 0.2) is 11.4 Å². The maximum absolute atomic E-state index is 12.4. The molecule has 0 spiro atoms. The van der Waals surface area contributed by atoms with Crippen molar-refractivity contribution in [1.82, 2.24) is 9.78 Å². The molecule has 3 N–H and O–H groups in total. The molecule has 118 valence electrons. The van der Waals surface area contributed by atoms with Crippen LogP contribution in [-0.2, 0) is 12.5 Å². The van der Waals surface area contributed by atoms with Gasteiger partial charge in [-0.2, -0.15) is 5.10 Å². The van der Waals surface area contributed by atoms with Gasteiger partial charge >= 0.3 is 0 Å². The molecule has 0 atom stereocenters. The molecule has 2 aromatic rings. The highest BCUT2D eigenvalue weighted by Crippen LogP contribution is 2.28. The summed E-state index contributed by atoms with van der Waals surface area (Å²) in [7, 11) is 1.72. The average molecular weight is 320 g/mol. The molecule has 2 amide bonds. The Kier molecular flexibility index (Phi) is 4.10. The molecule has 7 heteroatoms. The van der Waals surface area contributed by atoms with Gasteiger partial charge < -0.3 is 11.1 Å². The molecule has 2 rings (SSSR count). The van der Waals surface area contributed by atoms with Gasteiger partial charge in [-0.15, -0.1) is 11.3 Å². The lowest BCUT2D eigenvalue weighted by molar-refractivity contribution is 0.100. The van der Waals surface area contributed by atoms with Crippen LogP contribution in [0.3, 0.4) is 0 Å². The molecule has 2 aromatic heterocycles. The molecular weight excluding hydrogens is 300 g/mol. The maximum Gasteiger partial charge on any atom is 0.274 e. The van der Waals surface area contributed by atoms with E-state index in [4.69, 9.17) is 5.73 Å². The van der Waals surface area contributed by atoms with Gasteiger partial charge in [0.25, 0.3) is 11.8 Å². The molecular formula is C15H20N4O2S. The minimum Gasteiger partial charge on any atom is -0.365 e. The molecule has 0 aliphatic rings. The first kappa shape index (κ1) is 16.2. The third-order valence-electron chi connectivity index (χ3n) is 3.33. The lowest BCUT2D eigenvalue weighted by Gasteiger charge is -2.13. The minimum absolute atomic E-state index is 0.145. The largest absolute Gasteiger partial charge is 0.365 e. The van der Waals surface area contributed by atoms with Crippen LogP contribution in [0.2, 0.25) is 0 Å². The third kappa shape index (κ3) is 3.04. The summed E-state index contributed by atoms with van der Waals surface area (Å²) in [4.78, 5) is 23.9. The van der Waals surface area contributed by atoms with Crippen LogP contribution in [0, 0.1) is 6.92 Å². The minimum atomic E-state index is -0.547. The number of carbonyl (C=O) groups is 2. The van der Waals surface area contributed by atoms with Gasteiger partial charge in [0.1, 0.15) is 10.7 Å². The summed E-state index contributed by atoms with van der Waals surface area (Å²) in [5.74, 6) is -0.857. The van der Waals surface area contributed by atoms with E-state index in [0.29, 0.717) is 16.3 Å². The number of aryl methyl sites for hydroxylation is 2. The van der Waals surface area contributed by atoms with Gasteiger partial charge in [0.15, 0.2) is 0 Å². The fraction of sp³-hybridized carbons (Fsp3) is 0.400. The first-order valence-electron chi connectivity index (χ1n) is 6.85. The Morgan fingerprint density at radius 3 is 2.50 bits per heavy atom. The first-order chi connectivity index (χ1) is 10.1. The molecule has 0 saturated heterocycles. The number of aromatic nitrogens is 2. The topological polar surface area (TPSA) is 90.0 Å². The monoisotopic (exact) mass is 320 g/mol. The molecule has 0 unspecified atom stereocenters. The quantitative estimate of drug-likeness (QED) is 0.910. The van der Waals surface area contributed by atoms with Crippen LogP contribution in [0.1, 0.15) is 52.9 Å². The number of rotatable bonds is 3. The van der Waals surface area contributed by atoms with E-state index in [0.717, 1.165) is 11.3 Å². The van der Waals surface area contributed by atoms with Crippen LogP contribution in [0.25, 0.3) is 0 Å².